The summed E-state index contributed by atoms with van der Waals surface area (Å²) in [6.45, 7) is 9.22. The van der Waals surface area contributed by atoms with Crippen LogP contribution in [0.15, 0.2) is 0 Å². The van der Waals surface area contributed by atoms with Crippen LogP contribution >= 0.6 is 0 Å². The van der Waals surface area contributed by atoms with Crippen molar-refractivity contribution < 1.29 is 42.9 Å². The van der Waals surface area contributed by atoms with Crippen molar-refractivity contribution in [3.63, 3.8) is 0 Å². The first-order valence-corrected chi connectivity index (χ1v) is 15.4. The summed E-state index contributed by atoms with van der Waals surface area (Å²) in [7, 11) is 9.36. The Morgan fingerprint density at radius 1 is 0.442 bits per heavy atom. The SMILES string of the molecule is CCCOC(=O)CCN(C)CCN(C)CCC(=O)OCCCCOC(=O)CCN(C)CCN(C)CCC(=O)OCCOC. The van der Waals surface area contributed by atoms with Gasteiger partial charge in [0.25, 0.3) is 0 Å². The van der Waals surface area contributed by atoms with Crippen LogP contribution in [-0.4, -0.2) is 164 Å². The Hall–Kier alpha value is -2.32. The topological polar surface area (TPSA) is 127 Å². The lowest BCUT2D eigenvalue weighted by Crippen LogP contribution is -2.33. The maximum Gasteiger partial charge on any atom is 0.307 e. The van der Waals surface area contributed by atoms with E-state index in [1.807, 2.05) is 35.1 Å². The van der Waals surface area contributed by atoms with Gasteiger partial charge in [-0.3, -0.25) is 19.2 Å². The quantitative estimate of drug-likeness (QED) is 0.0710. The lowest BCUT2D eigenvalue weighted by molar-refractivity contribution is -0.146. The first kappa shape index (κ1) is 40.7. The molecule has 0 heterocycles. The lowest BCUT2D eigenvalue weighted by Gasteiger charge is -2.21. The fourth-order valence-electron chi connectivity index (χ4n) is 3.58. The molecule has 252 valence electrons. The van der Waals surface area contributed by atoms with Gasteiger partial charge in [0.15, 0.2) is 0 Å². The van der Waals surface area contributed by atoms with Crippen molar-refractivity contribution in [2.75, 3.05) is 121 Å². The molecule has 0 aliphatic carbocycles. The van der Waals surface area contributed by atoms with Crippen molar-refractivity contribution in [3.8, 4) is 0 Å². The first-order chi connectivity index (χ1) is 20.6. The van der Waals surface area contributed by atoms with Crippen molar-refractivity contribution in [2.24, 2.45) is 0 Å². The Bertz CT molecular complexity index is 757. The van der Waals surface area contributed by atoms with Crippen LogP contribution in [-0.2, 0) is 42.9 Å². The normalized spacial score (nSPS) is 11.4. The number of rotatable bonds is 28. The number of likely N-dealkylation sites (N-methyl/N-ethyl adjacent to an activating group) is 4. The zero-order valence-electron chi connectivity index (χ0n) is 27.6. The fourth-order valence-corrected chi connectivity index (χ4v) is 3.58. The monoisotopic (exact) mass is 618 g/mol. The summed E-state index contributed by atoms with van der Waals surface area (Å²) in [5.74, 6) is -0.902. The molecule has 0 atom stereocenters. The van der Waals surface area contributed by atoms with Crippen LogP contribution in [0.5, 0.6) is 0 Å². The van der Waals surface area contributed by atoms with Crippen molar-refractivity contribution in [3.05, 3.63) is 0 Å². The van der Waals surface area contributed by atoms with Gasteiger partial charge in [0.05, 0.1) is 52.1 Å². The zero-order valence-corrected chi connectivity index (χ0v) is 27.6. The molecule has 0 spiro atoms. The predicted molar refractivity (Wildman–Crippen MR) is 164 cm³/mol. The van der Waals surface area contributed by atoms with Crippen molar-refractivity contribution in [1.29, 1.82) is 0 Å². The number of nitrogens with zero attached hydrogens (tertiary/aromatic N) is 4. The minimum Gasteiger partial charge on any atom is -0.466 e. The van der Waals surface area contributed by atoms with Crippen LogP contribution in [0, 0.1) is 0 Å². The highest BCUT2D eigenvalue weighted by Gasteiger charge is 2.11. The minimum absolute atomic E-state index is 0.171. The molecule has 0 N–H and O–H groups in total. The third-order valence-corrected chi connectivity index (χ3v) is 6.60. The van der Waals surface area contributed by atoms with Crippen molar-refractivity contribution in [1.82, 2.24) is 19.6 Å². The number of carbonyl (C=O) groups excluding carboxylic acids is 4. The number of hydrogen-bond acceptors (Lipinski definition) is 13. The Labute approximate surface area is 259 Å². The molecule has 0 aromatic heterocycles. The molecule has 0 rings (SSSR count). The highest BCUT2D eigenvalue weighted by molar-refractivity contribution is 5.70. The van der Waals surface area contributed by atoms with Crippen LogP contribution in [0.25, 0.3) is 0 Å². The van der Waals surface area contributed by atoms with Gasteiger partial charge in [-0.15, -0.1) is 0 Å². The van der Waals surface area contributed by atoms with Gasteiger partial charge in [-0.25, -0.2) is 0 Å². The number of carbonyl (C=O) groups is 4. The molecule has 0 fully saturated rings. The molecule has 0 saturated heterocycles. The lowest BCUT2D eigenvalue weighted by atomic mass is 10.3. The molecule has 0 aliphatic rings. The van der Waals surface area contributed by atoms with E-state index in [0.717, 1.165) is 32.6 Å². The molecule has 0 radical (unpaired) electrons. The summed E-state index contributed by atoms with van der Waals surface area (Å²) in [6.07, 6.45) is 3.40. The summed E-state index contributed by atoms with van der Waals surface area (Å²) < 4.78 is 25.6. The fraction of sp³-hybridized carbons (Fsp3) is 0.867. The molecule has 0 bridgehead atoms. The van der Waals surface area contributed by atoms with E-state index in [0.29, 0.717) is 91.1 Å². The maximum absolute atomic E-state index is 12.0. The molecule has 0 unspecified atom stereocenters. The Kier molecular flexibility index (Phi) is 25.8. The van der Waals surface area contributed by atoms with Crippen LogP contribution in [0.4, 0.5) is 0 Å². The molecule has 13 heteroatoms. The molecule has 0 amide bonds. The summed E-state index contributed by atoms with van der Waals surface area (Å²) in [6, 6.07) is 0. The van der Waals surface area contributed by atoms with E-state index in [1.165, 1.54) is 0 Å². The second kappa shape index (κ2) is 27.2. The average molecular weight is 619 g/mol. The number of ether oxygens (including phenoxy) is 5. The second-order valence-electron chi connectivity index (χ2n) is 10.8. The van der Waals surface area contributed by atoms with Crippen LogP contribution in [0.2, 0.25) is 0 Å². The van der Waals surface area contributed by atoms with Gasteiger partial charge in [-0.1, -0.05) is 6.92 Å². The van der Waals surface area contributed by atoms with Crippen LogP contribution in [0.1, 0.15) is 51.9 Å². The van der Waals surface area contributed by atoms with E-state index < -0.39 is 0 Å². The third kappa shape index (κ3) is 27.0. The minimum atomic E-state index is -0.249. The molecule has 0 saturated carbocycles. The molecule has 13 nitrogen and oxygen atoms in total. The Balaban J connectivity index is 3.73. The highest BCUT2D eigenvalue weighted by Crippen LogP contribution is 2.00. The molecule has 43 heavy (non-hydrogen) atoms. The van der Waals surface area contributed by atoms with Gasteiger partial charge in [0, 0.05) is 59.5 Å². The van der Waals surface area contributed by atoms with Gasteiger partial charge in [-0.05, 0) is 47.5 Å². The van der Waals surface area contributed by atoms with E-state index in [2.05, 4.69) is 19.6 Å². The molecular weight excluding hydrogens is 560 g/mol. The number of esters is 4. The number of methoxy groups -OCH3 is 1. The van der Waals surface area contributed by atoms with Crippen LogP contribution in [0.3, 0.4) is 0 Å². The Morgan fingerprint density at radius 3 is 1.05 bits per heavy atom. The standard InChI is InChI=1S/C30H58N4O9/c1-7-22-40-27(35)10-14-31(2)18-19-32(3)15-11-28(36)41-23-8-9-24-42-29(37)12-16-33(4)20-21-34(5)17-13-30(38)43-26-25-39-6/h7-26H2,1-6H3. The van der Waals surface area contributed by atoms with Crippen molar-refractivity contribution >= 4 is 23.9 Å². The van der Waals surface area contributed by atoms with E-state index in [-0.39, 0.29) is 30.5 Å². The van der Waals surface area contributed by atoms with E-state index >= 15 is 0 Å². The largest absolute Gasteiger partial charge is 0.466 e. The first-order valence-electron chi connectivity index (χ1n) is 15.4. The molecule has 0 aromatic carbocycles. The van der Waals surface area contributed by atoms with Gasteiger partial charge in [-0.2, -0.15) is 0 Å². The zero-order chi connectivity index (χ0) is 32.3. The number of hydrogen-bond donors (Lipinski definition) is 0. The molecular formula is C30H58N4O9. The smallest absolute Gasteiger partial charge is 0.307 e. The summed E-state index contributed by atoms with van der Waals surface area (Å²) in [4.78, 5) is 55.5. The maximum atomic E-state index is 12.0. The van der Waals surface area contributed by atoms with Crippen LogP contribution < -0.4 is 0 Å². The average Bonchev–Trinajstić information content (AvgIpc) is 2.99. The highest BCUT2D eigenvalue weighted by atomic mass is 16.6. The van der Waals surface area contributed by atoms with Gasteiger partial charge < -0.3 is 43.3 Å². The Morgan fingerprint density at radius 2 is 0.744 bits per heavy atom. The van der Waals surface area contributed by atoms with Gasteiger partial charge in [0.1, 0.15) is 6.61 Å². The van der Waals surface area contributed by atoms with E-state index in [4.69, 9.17) is 23.7 Å². The summed E-state index contributed by atoms with van der Waals surface area (Å²) in [5, 5.41) is 0. The van der Waals surface area contributed by atoms with Gasteiger partial charge >= 0.3 is 23.9 Å². The van der Waals surface area contributed by atoms with E-state index in [9.17, 15) is 19.2 Å². The van der Waals surface area contributed by atoms with Gasteiger partial charge in [0.2, 0.25) is 0 Å². The molecule has 0 aliphatic heterocycles. The van der Waals surface area contributed by atoms with Crippen molar-refractivity contribution in [2.45, 2.75) is 51.9 Å². The number of unbranched alkanes of at least 4 members (excludes halogenated alkanes) is 1. The second-order valence-corrected chi connectivity index (χ2v) is 10.8. The summed E-state index contributed by atoms with van der Waals surface area (Å²) >= 11 is 0. The third-order valence-electron chi connectivity index (χ3n) is 6.60. The molecule has 0 aromatic rings. The van der Waals surface area contributed by atoms with E-state index in [1.54, 1.807) is 7.11 Å². The predicted octanol–water partition coefficient (Wildman–Crippen LogP) is 1.28. The summed E-state index contributed by atoms with van der Waals surface area (Å²) in [5.41, 5.74) is 0.